The van der Waals surface area contributed by atoms with Crippen molar-refractivity contribution in [3.63, 3.8) is 0 Å². The van der Waals surface area contributed by atoms with Gasteiger partial charge in [0.2, 0.25) is 0 Å². The van der Waals surface area contributed by atoms with Crippen LogP contribution in [0.2, 0.25) is 0 Å². The Labute approximate surface area is 52.8 Å². The summed E-state index contributed by atoms with van der Waals surface area (Å²) in [5.74, 6) is -0.773. The molecule has 48 valence electrons. The largest absolute Gasteiger partial charge is 0.505 e. The maximum absolute atomic E-state index is 12.3. The molecule has 0 aromatic rings. The third kappa shape index (κ3) is 1.19. The van der Waals surface area contributed by atoms with Gasteiger partial charge in [0.15, 0.2) is 0 Å². The summed E-state index contributed by atoms with van der Waals surface area (Å²) in [4.78, 5) is 0. The van der Waals surface area contributed by atoms with Crippen LogP contribution in [-0.2, 0) is 0 Å². The number of hydrogen-bond donors (Lipinski definition) is 1. The highest BCUT2D eigenvalue weighted by Crippen LogP contribution is 2.20. The summed E-state index contributed by atoms with van der Waals surface area (Å²) in [7, 11) is 0. The van der Waals surface area contributed by atoms with Crippen LogP contribution in [0.15, 0.2) is 35.9 Å². The second kappa shape index (κ2) is 2.05. The van der Waals surface area contributed by atoms with Gasteiger partial charge in [-0.2, -0.15) is 0 Å². The summed E-state index contributed by atoms with van der Waals surface area (Å²) in [5.41, 5.74) is 0.685. The van der Waals surface area contributed by atoms with Gasteiger partial charge in [-0.25, -0.2) is 4.39 Å². The lowest BCUT2D eigenvalue weighted by molar-refractivity contribution is 0.393. The topological polar surface area (TPSA) is 20.2 Å². The second-order valence-corrected chi connectivity index (χ2v) is 1.96. The molecule has 0 unspecified atom stereocenters. The molecule has 1 N–H and O–H groups in total. The second-order valence-electron chi connectivity index (χ2n) is 1.96. The van der Waals surface area contributed by atoms with Gasteiger partial charge in [-0.05, 0) is 11.6 Å². The predicted octanol–water partition coefficient (Wildman–Crippen LogP) is 2.24. The number of allylic oxidation sites excluding steroid dienone is 4. The van der Waals surface area contributed by atoms with Crippen molar-refractivity contribution in [2.75, 3.05) is 0 Å². The molecule has 0 atom stereocenters. The Morgan fingerprint density at radius 3 is 2.67 bits per heavy atom. The first-order chi connectivity index (χ1) is 4.20. The third-order valence-corrected chi connectivity index (χ3v) is 1.14. The summed E-state index contributed by atoms with van der Waals surface area (Å²) in [6.07, 6.45) is 3.04. The summed E-state index contributed by atoms with van der Waals surface area (Å²) in [6.45, 7) is 3.53. The molecular weight excluding hydrogens is 119 g/mol. The van der Waals surface area contributed by atoms with Gasteiger partial charge < -0.3 is 5.11 Å². The summed E-state index contributed by atoms with van der Waals surface area (Å²) in [5, 5.41) is 8.67. The van der Waals surface area contributed by atoms with Gasteiger partial charge in [-0.3, -0.25) is 0 Å². The Morgan fingerprint density at radius 2 is 2.22 bits per heavy atom. The van der Waals surface area contributed by atoms with E-state index in [1.165, 1.54) is 6.08 Å². The van der Waals surface area contributed by atoms with Crippen LogP contribution >= 0.6 is 0 Å². The maximum Gasteiger partial charge on any atom is 0.147 e. The molecule has 0 aliphatic heterocycles. The van der Waals surface area contributed by atoms with Gasteiger partial charge in [0.25, 0.3) is 0 Å². The molecule has 0 spiro atoms. The zero-order chi connectivity index (χ0) is 6.85. The fourth-order valence-electron chi connectivity index (χ4n) is 0.636. The van der Waals surface area contributed by atoms with Gasteiger partial charge in [-0.1, -0.05) is 12.7 Å². The molecule has 9 heavy (non-hydrogen) atoms. The van der Waals surface area contributed by atoms with Crippen molar-refractivity contribution in [2.24, 2.45) is 0 Å². The summed E-state index contributed by atoms with van der Waals surface area (Å²) >= 11 is 0. The lowest BCUT2D eigenvalue weighted by Gasteiger charge is -2.04. The van der Waals surface area contributed by atoms with Crippen molar-refractivity contribution in [1.29, 1.82) is 0 Å². The van der Waals surface area contributed by atoms with Crippen LogP contribution in [0.5, 0.6) is 0 Å². The fraction of sp³-hybridized carbons (Fsp3) is 0.143. The molecule has 1 rings (SSSR count). The van der Waals surface area contributed by atoms with Crippen molar-refractivity contribution in [1.82, 2.24) is 0 Å². The molecule has 0 saturated heterocycles. The first-order valence-electron chi connectivity index (χ1n) is 2.63. The zero-order valence-electron chi connectivity index (χ0n) is 4.89. The third-order valence-electron chi connectivity index (χ3n) is 1.14. The lowest BCUT2D eigenvalue weighted by Crippen LogP contribution is -1.90. The first kappa shape index (κ1) is 6.08. The molecule has 0 radical (unpaired) electrons. The molecule has 2 heteroatoms. The average Bonchev–Trinajstić information content (AvgIpc) is 1.80. The Balaban J connectivity index is 2.87. The Bertz CT molecular complexity index is 201. The Kier molecular flexibility index (Phi) is 1.39. The zero-order valence-corrected chi connectivity index (χ0v) is 4.89. The van der Waals surface area contributed by atoms with Crippen molar-refractivity contribution >= 4 is 0 Å². The van der Waals surface area contributed by atoms with Crippen LogP contribution in [0.3, 0.4) is 0 Å². The average molecular weight is 126 g/mol. The van der Waals surface area contributed by atoms with E-state index in [9.17, 15) is 4.39 Å². The van der Waals surface area contributed by atoms with Crippen LogP contribution in [0.25, 0.3) is 0 Å². The Hall–Kier alpha value is -1.05. The van der Waals surface area contributed by atoms with Crippen LogP contribution in [0, 0.1) is 0 Å². The van der Waals surface area contributed by atoms with E-state index in [-0.39, 0.29) is 12.2 Å². The number of aliphatic hydroxyl groups is 1. The Morgan fingerprint density at radius 1 is 1.56 bits per heavy atom. The highest BCUT2D eigenvalue weighted by atomic mass is 19.1. The monoisotopic (exact) mass is 126 g/mol. The van der Waals surface area contributed by atoms with Crippen molar-refractivity contribution < 1.29 is 9.50 Å². The number of halogens is 1. The molecule has 0 aromatic carbocycles. The molecule has 1 nitrogen and oxygen atoms in total. The molecule has 0 aromatic heterocycles. The molecule has 0 saturated carbocycles. The molecule has 0 heterocycles. The standard InChI is InChI=1S/C7H7FO/c1-5-2-3-7(9)6(8)4-5/h2-3,9H,1,4H2. The molecule has 1 aliphatic rings. The van der Waals surface area contributed by atoms with Gasteiger partial charge in [0.05, 0.1) is 0 Å². The molecule has 0 amide bonds. The van der Waals surface area contributed by atoms with Crippen LogP contribution in [0.1, 0.15) is 6.42 Å². The minimum atomic E-state index is -0.498. The smallest absolute Gasteiger partial charge is 0.147 e. The molecule has 1 aliphatic carbocycles. The minimum Gasteiger partial charge on any atom is -0.505 e. The van der Waals surface area contributed by atoms with Crippen molar-refractivity contribution in [3.05, 3.63) is 35.9 Å². The van der Waals surface area contributed by atoms with Crippen LogP contribution in [0.4, 0.5) is 4.39 Å². The van der Waals surface area contributed by atoms with Gasteiger partial charge >= 0.3 is 0 Å². The van der Waals surface area contributed by atoms with Gasteiger partial charge in [0.1, 0.15) is 11.6 Å². The van der Waals surface area contributed by atoms with E-state index in [2.05, 4.69) is 6.58 Å². The first-order valence-corrected chi connectivity index (χ1v) is 2.63. The van der Waals surface area contributed by atoms with Gasteiger partial charge in [0, 0.05) is 6.42 Å². The van der Waals surface area contributed by atoms with E-state index in [1.54, 1.807) is 6.08 Å². The fourth-order valence-corrected chi connectivity index (χ4v) is 0.636. The van der Waals surface area contributed by atoms with E-state index in [1.807, 2.05) is 0 Å². The highest BCUT2D eigenvalue weighted by Gasteiger charge is 2.07. The highest BCUT2D eigenvalue weighted by molar-refractivity contribution is 5.32. The molecular formula is C7H7FO. The van der Waals surface area contributed by atoms with Crippen molar-refractivity contribution in [2.45, 2.75) is 6.42 Å². The van der Waals surface area contributed by atoms with Gasteiger partial charge in [-0.15, -0.1) is 0 Å². The predicted molar refractivity (Wildman–Crippen MR) is 33.7 cm³/mol. The van der Waals surface area contributed by atoms with E-state index in [0.717, 1.165) is 0 Å². The summed E-state index contributed by atoms with van der Waals surface area (Å²) in [6, 6.07) is 0. The summed E-state index contributed by atoms with van der Waals surface area (Å²) < 4.78 is 12.3. The van der Waals surface area contributed by atoms with E-state index < -0.39 is 5.83 Å². The van der Waals surface area contributed by atoms with Crippen LogP contribution in [-0.4, -0.2) is 5.11 Å². The number of rotatable bonds is 0. The SMILES string of the molecule is C=C1C=CC(O)=C(F)C1. The number of aliphatic hydroxyl groups excluding tert-OH is 1. The molecule has 0 fully saturated rings. The van der Waals surface area contributed by atoms with E-state index in [0.29, 0.717) is 5.57 Å². The number of hydrogen-bond acceptors (Lipinski definition) is 1. The lowest BCUT2D eigenvalue weighted by atomic mass is 10.1. The van der Waals surface area contributed by atoms with Crippen molar-refractivity contribution in [3.8, 4) is 0 Å². The normalized spacial score (nSPS) is 19.0. The van der Waals surface area contributed by atoms with E-state index in [4.69, 9.17) is 5.11 Å². The maximum atomic E-state index is 12.3. The van der Waals surface area contributed by atoms with Crippen LogP contribution < -0.4 is 0 Å². The van der Waals surface area contributed by atoms with E-state index >= 15 is 0 Å². The minimum absolute atomic E-state index is 0.141. The molecule has 0 bridgehead atoms. The quantitative estimate of drug-likeness (QED) is 0.527.